The Morgan fingerprint density at radius 1 is 1.32 bits per heavy atom. The maximum absolute atomic E-state index is 14.0. The van der Waals surface area contributed by atoms with Gasteiger partial charge in [-0.3, -0.25) is 0 Å². The molecule has 2 aromatic rings. The van der Waals surface area contributed by atoms with Crippen molar-refractivity contribution in [2.45, 2.75) is 31.9 Å². The first-order valence-corrected chi connectivity index (χ1v) is 7.90. The Balaban J connectivity index is 2.09. The highest BCUT2D eigenvalue weighted by molar-refractivity contribution is 6.39. The van der Waals surface area contributed by atoms with Gasteiger partial charge in [0.2, 0.25) is 0 Å². The van der Waals surface area contributed by atoms with E-state index in [1.54, 1.807) is 18.2 Å². The van der Waals surface area contributed by atoms with Crippen molar-refractivity contribution in [2.24, 2.45) is 5.73 Å². The van der Waals surface area contributed by atoms with Gasteiger partial charge in [0.25, 0.3) is 0 Å². The van der Waals surface area contributed by atoms with Crippen LogP contribution in [0.3, 0.4) is 0 Å². The van der Waals surface area contributed by atoms with E-state index in [0.29, 0.717) is 39.8 Å². The fraction of sp³-hybridized carbons (Fsp3) is 0.294. The molecule has 2 N–H and O–H groups in total. The Kier molecular flexibility index (Phi) is 4.31. The first kappa shape index (κ1) is 15.6. The molecule has 0 bridgehead atoms. The lowest BCUT2D eigenvalue weighted by atomic mass is 9.99. The SMILES string of the molecule is CC(N)CC1Cc2cc(F)cc(-c3c(Cl)cccc3Cl)c2O1. The van der Waals surface area contributed by atoms with Crippen molar-refractivity contribution >= 4 is 23.2 Å². The molecule has 0 fully saturated rings. The van der Waals surface area contributed by atoms with E-state index in [1.807, 2.05) is 6.92 Å². The maximum atomic E-state index is 14.0. The second-order valence-corrected chi connectivity index (χ2v) is 6.51. The summed E-state index contributed by atoms with van der Waals surface area (Å²) < 4.78 is 20.0. The van der Waals surface area contributed by atoms with Crippen molar-refractivity contribution in [3.63, 3.8) is 0 Å². The lowest BCUT2D eigenvalue weighted by Gasteiger charge is -2.15. The van der Waals surface area contributed by atoms with Gasteiger partial charge >= 0.3 is 0 Å². The highest BCUT2D eigenvalue weighted by atomic mass is 35.5. The fourth-order valence-corrected chi connectivity index (χ4v) is 3.48. The largest absolute Gasteiger partial charge is 0.489 e. The van der Waals surface area contributed by atoms with Crippen molar-refractivity contribution < 1.29 is 9.13 Å². The molecule has 1 aliphatic heterocycles. The second kappa shape index (κ2) is 6.07. The van der Waals surface area contributed by atoms with Crippen LogP contribution in [0.15, 0.2) is 30.3 Å². The highest BCUT2D eigenvalue weighted by Crippen LogP contribution is 2.45. The summed E-state index contributed by atoms with van der Waals surface area (Å²) >= 11 is 12.5. The van der Waals surface area contributed by atoms with Crippen LogP contribution < -0.4 is 10.5 Å². The first-order valence-electron chi connectivity index (χ1n) is 7.14. The average molecular weight is 340 g/mol. The first-order chi connectivity index (χ1) is 10.5. The molecule has 0 aromatic heterocycles. The van der Waals surface area contributed by atoms with Crippen LogP contribution in [-0.4, -0.2) is 12.1 Å². The summed E-state index contributed by atoms with van der Waals surface area (Å²) in [6, 6.07) is 8.16. The molecule has 2 nitrogen and oxygen atoms in total. The number of hydrogen-bond donors (Lipinski definition) is 1. The number of nitrogens with two attached hydrogens (primary N) is 1. The molecule has 2 aromatic carbocycles. The summed E-state index contributed by atoms with van der Waals surface area (Å²) in [6.07, 6.45) is 1.31. The van der Waals surface area contributed by atoms with Crippen molar-refractivity contribution in [3.05, 3.63) is 51.8 Å². The zero-order chi connectivity index (χ0) is 15.9. The predicted octanol–water partition coefficient (Wildman–Crippen LogP) is 4.84. The lowest BCUT2D eigenvalue weighted by molar-refractivity contribution is 0.213. The van der Waals surface area contributed by atoms with Gasteiger partial charge in [-0.15, -0.1) is 0 Å². The molecule has 0 amide bonds. The van der Waals surface area contributed by atoms with Crippen molar-refractivity contribution in [1.29, 1.82) is 0 Å². The molecule has 2 atom stereocenters. The molecule has 3 rings (SSSR count). The third-order valence-corrected chi connectivity index (χ3v) is 4.36. The Hall–Kier alpha value is -1.29. The third kappa shape index (κ3) is 2.94. The van der Waals surface area contributed by atoms with Crippen LogP contribution in [-0.2, 0) is 6.42 Å². The second-order valence-electron chi connectivity index (χ2n) is 5.70. The zero-order valence-corrected chi connectivity index (χ0v) is 13.6. The minimum atomic E-state index is -0.324. The fourth-order valence-electron chi connectivity index (χ4n) is 2.88. The maximum Gasteiger partial charge on any atom is 0.131 e. The summed E-state index contributed by atoms with van der Waals surface area (Å²) in [7, 11) is 0. The minimum absolute atomic E-state index is 0.0245. The van der Waals surface area contributed by atoms with Gasteiger partial charge in [0.05, 0.1) is 10.0 Å². The predicted molar refractivity (Wildman–Crippen MR) is 88.2 cm³/mol. The van der Waals surface area contributed by atoms with E-state index in [1.165, 1.54) is 12.1 Å². The third-order valence-electron chi connectivity index (χ3n) is 3.73. The molecule has 1 aliphatic rings. The van der Waals surface area contributed by atoms with E-state index in [0.717, 1.165) is 5.56 Å². The summed E-state index contributed by atoms with van der Waals surface area (Å²) in [4.78, 5) is 0. The van der Waals surface area contributed by atoms with Crippen LogP contribution in [0.25, 0.3) is 11.1 Å². The monoisotopic (exact) mass is 339 g/mol. The lowest BCUT2D eigenvalue weighted by Crippen LogP contribution is -2.25. The van der Waals surface area contributed by atoms with Gasteiger partial charge < -0.3 is 10.5 Å². The van der Waals surface area contributed by atoms with Crippen LogP contribution >= 0.6 is 23.2 Å². The number of rotatable bonds is 3. The minimum Gasteiger partial charge on any atom is -0.489 e. The molecule has 0 saturated carbocycles. The Morgan fingerprint density at radius 3 is 2.64 bits per heavy atom. The molecule has 0 radical (unpaired) electrons. The molecular formula is C17H16Cl2FNO. The van der Waals surface area contributed by atoms with E-state index in [-0.39, 0.29) is 18.0 Å². The normalized spacial score (nSPS) is 18.0. The van der Waals surface area contributed by atoms with Gasteiger partial charge in [-0.1, -0.05) is 29.3 Å². The summed E-state index contributed by atoms with van der Waals surface area (Å²) in [5.41, 5.74) is 7.86. The topological polar surface area (TPSA) is 35.2 Å². The smallest absolute Gasteiger partial charge is 0.131 e. The average Bonchev–Trinajstić information content (AvgIpc) is 2.79. The van der Waals surface area contributed by atoms with Gasteiger partial charge in [0.1, 0.15) is 17.7 Å². The van der Waals surface area contributed by atoms with E-state index in [2.05, 4.69) is 0 Å². The van der Waals surface area contributed by atoms with Crippen LogP contribution in [0.2, 0.25) is 10.0 Å². The molecule has 22 heavy (non-hydrogen) atoms. The molecule has 5 heteroatoms. The molecule has 0 saturated heterocycles. The molecule has 2 unspecified atom stereocenters. The molecule has 0 aliphatic carbocycles. The van der Waals surface area contributed by atoms with E-state index >= 15 is 0 Å². The molecular weight excluding hydrogens is 324 g/mol. The summed E-state index contributed by atoms with van der Waals surface area (Å²) in [5, 5.41) is 0.944. The van der Waals surface area contributed by atoms with Crippen LogP contribution in [0.1, 0.15) is 18.9 Å². The zero-order valence-electron chi connectivity index (χ0n) is 12.1. The van der Waals surface area contributed by atoms with Crippen molar-refractivity contribution in [1.82, 2.24) is 0 Å². The quantitative estimate of drug-likeness (QED) is 0.868. The van der Waals surface area contributed by atoms with Gasteiger partial charge in [-0.2, -0.15) is 0 Å². The number of hydrogen-bond acceptors (Lipinski definition) is 2. The summed E-state index contributed by atoms with van der Waals surface area (Å²) in [5.74, 6) is 0.330. The molecule has 0 spiro atoms. The van der Waals surface area contributed by atoms with Crippen molar-refractivity contribution in [3.8, 4) is 16.9 Å². The standard InChI is InChI=1S/C17H16Cl2FNO/c1-9(21)5-12-7-10-6-11(20)8-13(17(10)22-12)16-14(18)3-2-4-15(16)19/h2-4,6,8-9,12H,5,7,21H2,1H3. The number of benzene rings is 2. The van der Waals surface area contributed by atoms with Crippen LogP contribution in [0.5, 0.6) is 5.75 Å². The van der Waals surface area contributed by atoms with Gasteiger partial charge in [0.15, 0.2) is 0 Å². The molecule has 1 heterocycles. The highest BCUT2D eigenvalue weighted by Gasteiger charge is 2.28. The Morgan fingerprint density at radius 2 is 2.00 bits per heavy atom. The number of halogens is 3. The Bertz CT molecular complexity index is 698. The van der Waals surface area contributed by atoms with Crippen molar-refractivity contribution in [2.75, 3.05) is 0 Å². The van der Waals surface area contributed by atoms with Crippen LogP contribution in [0.4, 0.5) is 4.39 Å². The van der Waals surface area contributed by atoms with E-state index in [9.17, 15) is 4.39 Å². The number of ether oxygens (including phenoxy) is 1. The van der Waals surface area contributed by atoms with E-state index in [4.69, 9.17) is 33.7 Å². The van der Waals surface area contributed by atoms with Crippen LogP contribution in [0, 0.1) is 5.82 Å². The Labute approximate surface area is 139 Å². The summed E-state index contributed by atoms with van der Waals surface area (Å²) in [6.45, 7) is 1.93. The van der Waals surface area contributed by atoms with Gasteiger partial charge in [-0.05, 0) is 37.6 Å². The van der Waals surface area contributed by atoms with Gasteiger partial charge in [-0.25, -0.2) is 4.39 Å². The number of fused-ring (bicyclic) bond motifs is 1. The van der Waals surface area contributed by atoms with E-state index < -0.39 is 0 Å². The van der Waals surface area contributed by atoms with Gasteiger partial charge in [0, 0.05) is 29.2 Å². The molecule has 116 valence electrons.